The van der Waals surface area contributed by atoms with Gasteiger partial charge in [-0.2, -0.15) is 0 Å². The Morgan fingerprint density at radius 1 is 1.03 bits per heavy atom. The van der Waals surface area contributed by atoms with Crippen LogP contribution in [0.25, 0.3) is 11.0 Å². The number of aromatic nitrogens is 2. The summed E-state index contributed by atoms with van der Waals surface area (Å²) in [7, 11) is 0. The maximum Gasteiger partial charge on any atom is 0.228 e. The number of amides is 2. The van der Waals surface area contributed by atoms with Crippen molar-refractivity contribution in [1.82, 2.24) is 14.9 Å². The molecular weight excluding hydrogens is 388 g/mol. The van der Waals surface area contributed by atoms with E-state index in [2.05, 4.69) is 30.1 Å². The third-order valence-electron chi connectivity index (χ3n) is 6.67. The number of hydrogen-bond donors (Lipinski definition) is 1. The fourth-order valence-electron chi connectivity index (χ4n) is 4.82. The third-order valence-corrected chi connectivity index (χ3v) is 6.67. The molecule has 1 N–H and O–H groups in total. The second-order valence-electron chi connectivity index (χ2n) is 8.98. The molecular formula is C25H28N4O2. The summed E-state index contributed by atoms with van der Waals surface area (Å²) < 4.78 is 0. The van der Waals surface area contributed by atoms with E-state index in [4.69, 9.17) is 4.98 Å². The quantitative estimate of drug-likeness (QED) is 0.703. The molecule has 0 radical (unpaired) electrons. The number of nitrogens with zero attached hydrogens (tertiary/aromatic N) is 3. The maximum absolute atomic E-state index is 13.1. The number of fused-ring (bicyclic) bond motifs is 1. The van der Waals surface area contributed by atoms with Crippen LogP contribution in [0, 0.1) is 19.8 Å². The number of rotatable bonds is 3. The highest BCUT2D eigenvalue weighted by molar-refractivity contribution is 6.00. The molecule has 1 unspecified atom stereocenters. The number of carbonyl (C=O) groups is 2. The first-order chi connectivity index (χ1) is 15.0. The van der Waals surface area contributed by atoms with Gasteiger partial charge in [0.1, 0.15) is 5.82 Å². The van der Waals surface area contributed by atoms with Crippen molar-refractivity contribution in [3.8, 4) is 0 Å². The third kappa shape index (κ3) is 3.82. The molecule has 0 bridgehead atoms. The minimum atomic E-state index is -0.250. The monoisotopic (exact) mass is 416 g/mol. The molecule has 2 fully saturated rings. The molecule has 1 aromatic heterocycles. The van der Waals surface area contributed by atoms with Crippen LogP contribution in [0.4, 0.5) is 5.69 Å². The van der Waals surface area contributed by atoms with Gasteiger partial charge in [0.05, 0.1) is 17.0 Å². The van der Waals surface area contributed by atoms with Crippen molar-refractivity contribution in [2.45, 2.75) is 39.0 Å². The molecule has 2 saturated heterocycles. The molecule has 2 amide bonds. The molecule has 0 aliphatic carbocycles. The van der Waals surface area contributed by atoms with Gasteiger partial charge in [-0.25, -0.2) is 4.98 Å². The van der Waals surface area contributed by atoms with Crippen LogP contribution < -0.4 is 4.90 Å². The Balaban J connectivity index is 1.21. The Labute approximate surface area is 182 Å². The molecule has 5 rings (SSSR count). The van der Waals surface area contributed by atoms with Crippen molar-refractivity contribution in [3.05, 3.63) is 59.4 Å². The first-order valence-corrected chi connectivity index (χ1v) is 11.1. The lowest BCUT2D eigenvalue weighted by Gasteiger charge is -2.32. The number of carbonyl (C=O) groups excluding carboxylic acids is 2. The van der Waals surface area contributed by atoms with Gasteiger partial charge in [0.15, 0.2) is 0 Å². The van der Waals surface area contributed by atoms with Gasteiger partial charge in [-0.15, -0.1) is 0 Å². The van der Waals surface area contributed by atoms with Crippen molar-refractivity contribution >= 4 is 28.5 Å². The summed E-state index contributed by atoms with van der Waals surface area (Å²) in [5.41, 5.74) is 5.33. The lowest BCUT2D eigenvalue weighted by molar-refractivity contribution is -0.136. The van der Waals surface area contributed by atoms with Crippen LogP contribution in [0.3, 0.4) is 0 Å². The van der Waals surface area contributed by atoms with E-state index in [1.54, 1.807) is 4.90 Å². The first-order valence-electron chi connectivity index (χ1n) is 11.1. The molecule has 1 atom stereocenters. The highest BCUT2D eigenvalue weighted by Gasteiger charge is 2.38. The van der Waals surface area contributed by atoms with Gasteiger partial charge in [0.25, 0.3) is 0 Å². The minimum absolute atomic E-state index is 0.0367. The number of hydrogen-bond acceptors (Lipinski definition) is 3. The summed E-state index contributed by atoms with van der Waals surface area (Å²) >= 11 is 0. The number of piperidine rings is 1. The number of H-pyrrole nitrogens is 1. The zero-order valence-corrected chi connectivity index (χ0v) is 18.1. The Bertz CT molecular complexity index is 1130. The van der Waals surface area contributed by atoms with E-state index in [-0.39, 0.29) is 17.7 Å². The molecule has 0 saturated carbocycles. The van der Waals surface area contributed by atoms with Crippen LogP contribution >= 0.6 is 0 Å². The Kier molecular flexibility index (Phi) is 5.00. The highest BCUT2D eigenvalue weighted by Crippen LogP contribution is 2.31. The van der Waals surface area contributed by atoms with Crippen molar-refractivity contribution in [1.29, 1.82) is 0 Å². The van der Waals surface area contributed by atoms with Crippen molar-refractivity contribution < 1.29 is 9.59 Å². The predicted molar refractivity (Wildman–Crippen MR) is 121 cm³/mol. The Morgan fingerprint density at radius 3 is 2.48 bits per heavy atom. The number of imidazole rings is 1. The van der Waals surface area contributed by atoms with E-state index in [9.17, 15) is 9.59 Å². The number of nitrogens with one attached hydrogen (secondary N) is 1. The Morgan fingerprint density at radius 2 is 1.74 bits per heavy atom. The van der Waals surface area contributed by atoms with Gasteiger partial charge in [0.2, 0.25) is 11.8 Å². The number of aryl methyl sites for hydroxylation is 2. The van der Waals surface area contributed by atoms with Crippen LogP contribution in [0.5, 0.6) is 0 Å². The molecule has 2 aliphatic heterocycles. The van der Waals surface area contributed by atoms with Crippen LogP contribution in [0.1, 0.15) is 42.1 Å². The fraction of sp³-hybridized carbons (Fsp3) is 0.400. The summed E-state index contributed by atoms with van der Waals surface area (Å²) in [6.07, 6.45) is 2.09. The van der Waals surface area contributed by atoms with E-state index < -0.39 is 0 Å². The van der Waals surface area contributed by atoms with Crippen LogP contribution in [-0.4, -0.2) is 46.3 Å². The fourth-order valence-corrected chi connectivity index (χ4v) is 4.82. The van der Waals surface area contributed by atoms with E-state index in [1.807, 2.05) is 36.1 Å². The van der Waals surface area contributed by atoms with Gasteiger partial charge in [0, 0.05) is 37.7 Å². The van der Waals surface area contributed by atoms with Crippen LogP contribution in [0.2, 0.25) is 0 Å². The van der Waals surface area contributed by atoms with Gasteiger partial charge in [-0.3, -0.25) is 9.59 Å². The van der Waals surface area contributed by atoms with E-state index in [0.717, 1.165) is 54.0 Å². The summed E-state index contributed by atoms with van der Waals surface area (Å²) in [4.78, 5) is 37.6. The lowest BCUT2D eigenvalue weighted by Crippen LogP contribution is -2.42. The zero-order valence-electron chi connectivity index (χ0n) is 18.1. The van der Waals surface area contributed by atoms with Gasteiger partial charge >= 0.3 is 0 Å². The average Bonchev–Trinajstić information content (AvgIpc) is 3.37. The normalized spacial score (nSPS) is 20.1. The molecule has 6 heteroatoms. The first kappa shape index (κ1) is 19.8. The van der Waals surface area contributed by atoms with E-state index >= 15 is 0 Å². The van der Waals surface area contributed by atoms with Gasteiger partial charge in [-0.1, -0.05) is 23.8 Å². The average molecular weight is 417 g/mol. The molecule has 160 valence electrons. The second-order valence-corrected chi connectivity index (χ2v) is 8.98. The SMILES string of the molecule is Cc1ccc(N2CC(C(=O)N3CCC(c4nc5ccc(C)cc5[nH]4)CC3)CC2=O)cc1. The molecule has 3 aromatic rings. The smallest absolute Gasteiger partial charge is 0.228 e. The largest absolute Gasteiger partial charge is 0.342 e. The molecule has 2 aromatic carbocycles. The Hall–Kier alpha value is -3.15. The van der Waals surface area contributed by atoms with E-state index in [0.29, 0.717) is 18.9 Å². The summed E-state index contributed by atoms with van der Waals surface area (Å²) in [5.74, 6) is 1.26. The molecule has 0 spiro atoms. The summed E-state index contributed by atoms with van der Waals surface area (Å²) in [5, 5.41) is 0. The highest BCUT2D eigenvalue weighted by atomic mass is 16.2. The second kappa shape index (κ2) is 7.84. The summed E-state index contributed by atoms with van der Waals surface area (Å²) in [6.45, 7) is 6.02. The van der Waals surface area contributed by atoms with Crippen LogP contribution in [-0.2, 0) is 9.59 Å². The molecule has 3 heterocycles. The molecule has 31 heavy (non-hydrogen) atoms. The number of likely N-dealkylation sites (tertiary alicyclic amines) is 1. The zero-order chi connectivity index (χ0) is 21.5. The van der Waals surface area contributed by atoms with Gasteiger partial charge in [-0.05, 0) is 56.5 Å². The molecule has 2 aliphatic rings. The van der Waals surface area contributed by atoms with Crippen molar-refractivity contribution in [2.24, 2.45) is 5.92 Å². The number of benzene rings is 2. The van der Waals surface area contributed by atoms with Crippen molar-refractivity contribution in [3.63, 3.8) is 0 Å². The standard InChI is InChI=1S/C25H28N4O2/c1-16-3-6-20(7-4-16)29-15-19(14-23(29)30)25(31)28-11-9-18(10-12-28)24-26-21-8-5-17(2)13-22(21)27-24/h3-8,13,18-19H,9-12,14-15H2,1-2H3,(H,26,27). The number of aromatic amines is 1. The van der Waals surface area contributed by atoms with E-state index in [1.165, 1.54) is 5.56 Å². The number of anilines is 1. The topological polar surface area (TPSA) is 69.3 Å². The van der Waals surface area contributed by atoms with Gasteiger partial charge < -0.3 is 14.8 Å². The van der Waals surface area contributed by atoms with Crippen molar-refractivity contribution in [2.75, 3.05) is 24.5 Å². The predicted octanol–water partition coefficient (Wildman–Crippen LogP) is 3.94. The minimum Gasteiger partial charge on any atom is -0.342 e. The van der Waals surface area contributed by atoms with Crippen LogP contribution in [0.15, 0.2) is 42.5 Å². The summed E-state index contributed by atoms with van der Waals surface area (Å²) in [6, 6.07) is 14.2. The lowest BCUT2D eigenvalue weighted by atomic mass is 9.95. The molecule has 6 nitrogen and oxygen atoms in total. The maximum atomic E-state index is 13.1.